The minimum Gasteiger partial charge on any atom is -0.468 e. The Morgan fingerprint density at radius 1 is 1.12 bits per heavy atom. The van der Waals surface area contributed by atoms with Gasteiger partial charge in [0.15, 0.2) is 0 Å². The van der Waals surface area contributed by atoms with Crippen molar-refractivity contribution in [2.75, 3.05) is 0 Å². The molecule has 0 fully saturated rings. The Hall–Kier alpha value is -0.770. The maximum Gasteiger partial charge on any atom is 0.117 e. The predicted octanol–water partition coefficient (Wildman–Crippen LogP) is 3.75. The van der Waals surface area contributed by atoms with Crippen LogP contribution in [0.1, 0.15) is 11.3 Å². The van der Waals surface area contributed by atoms with E-state index in [0.717, 1.165) is 23.3 Å². The average Bonchev–Trinajstić information content (AvgIpc) is 2.71. The molecule has 1 aromatic carbocycles. The molecule has 0 saturated carbocycles. The molecule has 0 saturated heterocycles. The first kappa shape index (κ1) is 13.3. The molecule has 0 amide bonds. The maximum atomic E-state index is 5.22. The van der Waals surface area contributed by atoms with Crippen molar-refractivity contribution in [1.82, 2.24) is 5.32 Å². The van der Waals surface area contributed by atoms with Crippen LogP contribution in [-0.2, 0) is 13.1 Å². The Morgan fingerprint density at radius 3 is 2.69 bits per heavy atom. The van der Waals surface area contributed by atoms with Crippen molar-refractivity contribution < 1.29 is 4.42 Å². The molecule has 86 valence electrons. The van der Waals surface area contributed by atoms with Crippen molar-refractivity contribution in [2.24, 2.45) is 0 Å². The van der Waals surface area contributed by atoms with Gasteiger partial charge in [-0.25, -0.2) is 0 Å². The number of furan rings is 1. The molecule has 0 aliphatic heterocycles. The zero-order valence-electron chi connectivity index (χ0n) is 8.65. The van der Waals surface area contributed by atoms with E-state index in [-0.39, 0.29) is 12.4 Å². The summed E-state index contributed by atoms with van der Waals surface area (Å²) in [5, 5.41) is 3.32. The third kappa shape index (κ3) is 4.00. The number of hydrogen-bond acceptors (Lipinski definition) is 2. The molecule has 0 aliphatic carbocycles. The van der Waals surface area contributed by atoms with E-state index < -0.39 is 0 Å². The van der Waals surface area contributed by atoms with Crippen molar-refractivity contribution in [3.63, 3.8) is 0 Å². The van der Waals surface area contributed by atoms with Gasteiger partial charge in [0.2, 0.25) is 0 Å². The largest absolute Gasteiger partial charge is 0.468 e. The van der Waals surface area contributed by atoms with Gasteiger partial charge in [-0.15, -0.1) is 12.4 Å². The van der Waals surface area contributed by atoms with Crippen LogP contribution < -0.4 is 5.32 Å². The monoisotopic (exact) mass is 301 g/mol. The molecule has 1 aromatic heterocycles. The summed E-state index contributed by atoms with van der Waals surface area (Å²) in [7, 11) is 0. The molecule has 2 nitrogen and oxygen atoms in total. The van der Waals surface area contributed by atoms with E-state index in [2.05, 4.69) is 33.4 Å². The number of hydrogen-bond donors (Lipinski definition) is 1. The van der Waals surface area contributed by atoms with Crippen molar-refractivity contribution >= 4 is 28.3 Å². The molecule has 0 spiro atoms. The Morgan fingerprint density at radius 2 is 2.00 bits per heavy atom. The van der Waals surface area contributed by atoms with Gasteiger partial charge in [0.25, 0.3) is 0 Å². The van der Waals surface area contributed by atoms with E-state index in [9.17, 15) is 0 Å². The summed E-state index contributed by atoms with van der Waals surface area (Å²) >= 11 is 3.45. The molecule has 0 bridgehead atoms. The molecular formula is C12H13BrClNO. The van der Waals surface area contributed by atoms with Crippen molar-refractivity contribution in [3.8, 4) is 0 Å². The molecule has 2 rings (SSSR count). The highest BCUT2D eigenvalue weighted by Crippen LogP contribution is 2.11. The predicted molar refractivity (Wildman–Crippen MR) is 70.6 cm³/mol. The topological polar surface area (TPSA) is 25.2 Å². The highest BCUT2D eigenvalue weighted by Gasteiger charge is 1.96. The fourth-order valence-corrected chi connectivity index (χ4v) is 1.84. The third-order valence-electron chi connectivity index (χ3n) is 2.10. The van der Waals surface area contributed by atoms with Crippen LogP contribution in [0, 0.1) is 0 Å². The Bertz CT molecular complexity index is 417. The Labute approximate surface area is 110 Å². The van der Waals surface area contributed by atoms with Gasteiger partial charge in [-0.2, -0.15) is 0 Å². The second-order valence-corrected chi connectivity index (χ2v) is 4.23. The van der Waals surface area contributed by atoms with Gasteiger partial charge in [-0.1, -0.05) is 28.1 Å². The molecule has 4 heteroatoms. The van der Waals surface area contributed by atoms with Crippen LogP contribution in [0.5, 0.6) is 0 Å². The lowest BCUT2D eigenvalue weighted by molar-refractivity contribution is 0.483. The fourth-order valence-electron chi connectivity index (χ4n) is 1.39. The smallest absolute Gasteiger partial charge is 0.117 e. The molecule has 2 aromatic rings. The standard InChI is InChI=1S/C12H12BrNO.ClH/c13-11-4-1-3-10(7-11)8-14-9-12-5-2-6-15-12;/h1-7,14H,8-9H2;1H. The number of halogens is 2. The van der Waals surface area contributed by atoms with Crippen molar-refractivity contribution in [1.29, 1.82) is 0 Å². The van der Waals surface area contributed by atoms with Gasteiger partial charge >= 0.3 is 0 Å². The van der Waals surface area contributed by atoms with Gasteiger partial charge in [0, 0.05) is 11.0 Å². The van der Waals surface area contributed by atoms with Crippen LogP contribution in [0.4, 0.5) is 0 Å². The summed E-state index contributed by atoms with van der Waals surface area (Å²) < 4.78 is 6.33. The molecule has 1 N–H and O–H groups in total. The number of rotatable bonds is 4. The van der Waals surface area contributed by atoms with E-state index in [4.69, 9.17) is 4.42 Å². The second kappa shape index (κ2) is 6.74. The molecule has 0 atom stereocenters. The summed E-state index contributed by atoms with van der Waals surface area (Å²) in [6.45, 7) is 1.61. The first-order chi connectivity index (χ1) is 7.34. The van der Waals surface area contributed by atoms with E-state index in [1.165, 1.54) is 5.56 Å². The quantitative estimate of drug-likeness (QED) is 0.930. The zero-order valence-corrected chi connectivity index (χ0v) is 11.1. The van der Waals surface area contributed by atoms with E-state index >= 15 is 0 Å². The maximum absolute atomic E-state index is 5.22. The van der Waals surface area contributed by atoms with Gasteiger partial charge < -0.3 is 9.73 Å². The van der Waals surface area contributed by atoms with Crippen LogP contribution in [-0.4, -0.2) is 0 Å². The molecule has 16 heavy (non-hydrogen) atoms. The van der Waals surface area contributed by atoms with Gasteiger partial charge in [0.1, 0.15) is 5.76 Å². The van der Waals surface area contributed by atoms with E-state index in [0.29, 0.717) is 0 Å². The molecule has 0 radical (unpaired) electrons. The lowest BCUT2D eigenvalue weighted by atomic mass is 10.2. The second-order valence-electron chi connectivity index (χ2n) is 3.31. The lowest BCUT2D eigenvalue weighted by Crippen LogP contribution is -2.11. The van der Waals surface area contributed by atoms with Crippen molar-refractivity contribution in [2.45, 2.75) is 13.1 Å². The first-order valence-electron chi connectivity index (χ1n) is 4.82. The zero-order chi connectivity index (χ0) is 10.5. The number of benzene rings is 1. The van der Waals surface area contributed by atoms with E-state index in [1.807, 2.05) is 24.3 Å². The molecule has 0 unspecified atom stereocenters. The van der Waals surface area contributed by atoms with Crippen molar-refractivity contribution in [3.05, 3.63) is 58.5 Å². The Balaban J connectivity index is 0.00000128. The fraction of sp³-hybridized carbons (Fsp3) is 0.167. The SMILES string of the molecule is Brc1cccc(CNCc2ccco2)c1.Cl. The lowest BCUT2D eigenvalue weighted by Gasteiger charge is -2.03. The molecule has 1 heterocycles. The summed E-state index contributed by atoms with van der Waals surface area (Å²) in [5.41, 5.74) is 1.26. The highest BCUT2D eigenvalue weighted by molar-refractivity contribution is 9.10. The first-order valence-corrected chi connectivity index (χ1v) is 5.61. The van der Waals surface area contributed by atoms with E-state index in [1.54, 1.807) is 6.26 Å². The van der Waals surface area contributed by atoms with Crippen LogP contribution in [0.2, 0.25) is 0 Å². The summed E-state index contributed by atoms with van der Waals surface area (Å²) in [6, 6.07) is 12.1. The normalized spacial score (nSPS) is 9.81. The average molecular weight is 303 g/mol. The number of nitrogens with one attached hydrogen (secondary N) is 1. The third-order valence-corrected chi connectivity index (χ3v) is 2.59. The molecular weight excluding hydrogens is 289 g/mol. The van der Waals surface area contributed by atoms with Crippen LogP contribution in [0.15, 0.2) is 51.6 Å². The van der Waals surface area contributed by atoms with Crippen LogP contribution in [0.25, 0.3) is 0 Å². The molecule has 0 aliphatic rings. The summed E-state index contributed by atoms with van der Waals surface area (Å²) in [6.07, 6.45) is 1.69. The van der Waals surface area contributed by atoms with Crippen LogP contribution in [0.3, 0.4) is 0 Å². The van der Waals surface area contributed by atoms with Gasteiger partial charge in [-0.3, -0.25) is 0 Å². The highest BCUT2D eigenvalue weighted by atomic mass is 79.9. The minimum atomic E-state index is 0. The minimum absolute atomic E-state index is 0. The summed E-state index contributed by atoms with van der Waals surface area (Å²) in [5.74, 6) is 0.963. The Kier molecular flexibility index (Phi) is 5.60. The van der Waals surface area contributed by atoms with Gasteiger partial charge in [0.05, 0.1) is 12.8 Å². The summed E-state index contributed by atoms with van der Waals surface area (Å²) in [4.78, 5) is 0. The van der Waals surface area contributed by atoms with Crippen LogP contribution >= 0.6 is 28.3 Å². The van der Waals surface area contributed by atoms with Gasteiger partial charge in [-0.05, 0) is 29.8 Å².